The Labute approximate surface area is 222 Å². The molecule has 4 rings (SSSR count). The minimum Gasteiger partial charge on any atom is -0.453 e. The largest absolute Gasteiger partial charge is 0.453 e. The first-order chi connectivity index (χ1) is 18.7. The van der Waals surface area contributed by atoms with Crippen molar-refractivity contribution in [3.05, 3.63) is 53.9 Å². The van der Waals surface area contributed by atoms with Crippen LogP contribution in [0, 0.1) is 11.6 Å². The van der Waals surface area contributed by atoms with Crippen molar-refractivity contribution in [2.24, 2.45) is 0 Å². The van der Waals surface area contributed by atoms with Crippen molar-refractivity contribution in [3.8, 4) is 0 Å². The minimum absolute atomic E-state index is 0.0165. The number of aromatic nitrogens is 1. The quantitative estimate of drug-likeness (QED) is 0.534. The maximum atomic E-state index is 15.1. The summed E-state index contributed by atoms with van der Waals surface area (Å²) in [6.45, 7) is 2.24. The van der Waals surface area contributed by atoms with Crippen LogP contribution in [0.25, 0.3) is 0 Å². The number of hydrogen-bond donors (Lipinski definition) is 2. The van der Waals surface area contributed by atoms with Crippen LogP contribution in [-0.4, -0.2) is 92.4 Å². The van der Waals surface area contributed by atoms with Crippen LogP contribution in [0.5, 0.6) is 0 Å². The number of carbonyl (C=O) groups excluding carboxylic acids is 4. The van der Waals surface area contributed by atoms with E-state index in [2.05, 4.69) is 20.4 Å². The van der Waals surface area contributed by atoms with Gasteiger partial charge in [0, 0.05) is 50.7 Å². The topological polar surface area (TPSA) is 133 Å². The van der Waals surface area contributed by atoms with Gasteiger partial charge in [0.05, 0.1) is 31.5 Å². The molecule has 12 nitrogen and oxygen atoms in total. The van der Waals surface area contributed by atoms with Crippen molar-refractivity contribution < 1.29 is 37.4 Å². The molecule has 2 saturated heterocycles. The van der Waals surface area contributed by atoms with Gasteiger partial charge in [-0.2, -0.15) is 0 Å². The Morgan fingerprint density at radius 2 is 1.87 bits per heavy atom. The molecule has 0 aliphatic carbocycles. The third-order valence-corrected chi connectivity index (χ3v) is 6.40. The summed E-state index contributed by atoms with van der Waals surface area (Å²) in [5.41, 5.74) is 0.0403. The van der Waals surface area contributed by atoms with Crippen LogP contribution in [0.4, 0.5) is 29.7 Å². The highest BCUT2D eigenvalue weighted by atomic mass is 19.1. The zero-order valence-corrected chi connectivity index (χ0v) is 21.4. The van der Waals surface area contributed by atoms with Gasteiger partial charge in [-0.05, 0) is 19.1 Å². The smallest absolute Gasteiger partial charge is 0.414 e. The number of nitrogens with one attached hydrogen (secondary N) is 2. The lowest BCUT2D eigenvalue weighted by atomic mass is 10.1. The van der Waals surface area contributed by atoms with Gasteiger partial charge in [0.25, 0.3) is 5.91 Å². The Kier molecular flexibility index (Phi) is 8.42. The molecule has 2 atom stereocenters. The van der Waals surface area contributed by atoms with Crippen LogP contribution in [0.3, 0.4) is 0 Å². The molecule has 2 N–H and O–H groups in total. The number of benzene rings is 1. The standard InChI is InChI=1S/C25H28F2N6O6/c1-15(30-22(34)16-4-3-5-28-12-16)23(35)32-8-6-31(7-9-32)21-19(26)10-17(11-20(21)27)33-14-18(39-25(33)37)13-29-24(36)38-2/h3-5,10-12,15,18H,6-9,13-14H2,1-2H3,(H,29,36)(H,30,34). The van der Waals surface area contributed by atoms with Gasteiger partial charge in [0.2, 0.25) is 5.91 Å². The fourth-order valence-electron chi connectivity index (χ4n) is 4.38. The summed E-state index contributed by atoms with van der Waals surface area (Å²) in [5.74, 6) is -2.48. The zero-order chi connectivity index (χ0) is 28.1. The number of nitrogens with zero attached hydrogens (tertiary/aromatic N) is 4. The number of carbonyl (C=O) groups is 4. The average Bonchev–Trinajstić information content (AvgIpc) is 3.32. The first-order valence-electron chi connectivity index (χ1n) is 12.2. The number of rotatable bonds is 7. The third kappa shape index (κ3) is 6.33. The zero-order valence-electron chi connectivity index (χ0n) is 21.4. The fourth-order valence-corrected chi connectivity index (χ4v) is 4.38. The summed E-state index contributed by atoms with van der Waals surface area (Å²) in [6, 6.07) is 4.49. The molecule has 2 fully saturated rings. The van der Waals surface area contributed by atoms with Crippen molar-refractivity contribution in [2.45, 2.75) is 19.1 Å². The van der Waals surface area contributed by atoms with E-state index >= 15 is 8.78 Å². The Balaban J connectivity index is 1.34. The summed E-state index contributed by atoms with van der Waals surface area (Å²) >= 11 is 0. The molecule has 208 valence electrons. The number of hydrogen-bond acceptors (Lipinski definition) is 8. The van der Waals surface area contributed by atoms with E-state index in [9.17, 15) is 19.2 Å². The second-order valence-corrected chi connectivity index (χ2v) is 9.00. The lowest BCUT2D eigenvalue weighted by molar-refractivity contribution is -0.133. The molecule has 2 aromatic rings. The second-order valence-electron chi connectivity index (χ2n) is 9.00. The van der Waals surface area contributed by atoms with Crippen LogP contribution < -0.4 is 20.4 Å². The van der Waals surface area contributed by atoms with Crippen molar-refractivity contribution in [3.63, 3.8) is 0 Å². The molecule has 3 heterocycles. The van der Waals surface area contributed by atoms with E-state index in [1.807, 2.05) is 0 Å². The lowest BCUT2D eigenvalue weighted by Crippen LogP contribution is -2.54. The van der Waals surface area contributed by atoms with Gasteiger partial charge in [-0.3, -0.25) is 19.5 Å². The molecule has 2 unspecified atom stereocenters. The summed E-state index contributed by atoms with van der Waals surface area (Å²) in [6.07, 6.45) is 0.719. The molecular weight excluding hydrogens is 518 g/mol. The van der Waals surface area contributed by atoms with Gasteiger partial charge < -0.3 is 29.9 Å². The van der Waals surface area contributed by atoms with Gasteiger partial charge in [0.15, 0.2) is 11.6 Å². The number of pyridine rings is 1. The lowest BCUT2D eigenvalue weighted by Gasteiger charge is -2.37. The Hall–Kier alpha value is -4.49. The summed E-state index contributed by atoms with van der Waals surface area (Å²) in [5, 5.41) is 5.04. The normalized spacial score (nSPS) is 17.9. The van der Waals surface area contributed by atoms with Crippen molar-refractivity contribution in [1.29, 1.82) is 0 Å². The summed E-state index contributed by atoms with van der Waals surface area (Å²) < 4.78 is 39.8. The summed E-state index contributed by atoms with van der Waals surface area (Å²) in [7, 11) is 1.19. The highest BCUT2D eigenvalue weighted by molar-refractivity contribution is 5.97. The van der Waals surface area contributed by atoms with Gasteiger partial charge in [-0.25, -0.2) is 18.4 Å². The monoisotopic (exact) mass is 546 g/mol. The first-order valence-corrected chi connectivity index (χ1v) is 12.2. The molecule has 0 saturated carbocycles. The van der Waals surface area contributed by atoms with Crippen molar-refractivity contribution in [2.75, 3.05) is 56.2 Å². The van der Waals surface area contributed by atoms with Gasteiger partial charge in [0.1, 0.15) is 17.8 Å². The Morgan fingerprint density at radius 1 is 1.18 bits per heavy atom. The number of anilines is 2. The number of alkyl carbamates (subject to hydrolysis) is 1. The number of ether oxygens (including phenoxy) is 2. The molecule has 1 aromatic carbocycles. The van der Waals surface area contributed by atoms with Crippen LogP contribution >= 0.6 is 0 Å². The van der Waals surface area contributed by atoms with E-state index in [1.165, 1.54) is 29.3 Å². The van der Waals surface area contributed by atoms with E-state index in [0.29, 0.717) is 5.56 Å². The Bertz CT molecular complexity index is 1220. The van der Waals surface area contributed by atoms with Crippen LogP contribution in [0.15, 0.2) is 36.7 Å². The molecule has 39 heavy (non-hydrogen) atoms. The molecule has 2 aliphatic heterocycles. The fraction of sp³-hybridized carbons (Fsp3) is 0.400. The maximum Gasteiger partial charge on any atom is 0.414 e. The van der Waals surface area contributed by atoms with Crippen molar-refractivity contribution in [1.82, 2.24) is 20.5 Å². The maximum absolute atomic E-state index is 15.1. The summed E-state index contributed by atoms with van der Waals surface area (Å²) in [4.78, 5) is 56.6. The molecule has 0 spiro atoms. The van der Waals surface area contributed by atoms with Crippen LogP contribution in [-0.2, 0) is 14.3 Å². The number of cyclic esters (lactones) is 1. The molecule has 1 aromatic heterocycles. The van der Waals surface area contributed by atoms with Gasteiger partial charge >= 0.3 is 12.2 Å². The highest BCUT2D eigenvalue weighted by Gasteiger charge is 2.34. The predicted molar refractivity (Wildman–Crippen MR) is 134 cm³/mol. The number of amides is 4. The molecule has 14 heteroatoms. The van der Waals surface area contributed by atoms with Gasteiger partial charge in [-0.1, -0.05) is 0 Å². The predicted octanol–water partition coefficient (Wildman–Crippen LogP) is 1.51. The SMILES string of the molecule is COC(=O)NCC1CN(c2cc(F)c(N3CCN(C(=O)C(C)NC(=O)c4cccnc4)CC3)c(F)c2)C(=O)O1. The molecule has 0 bridgehead atoms. The third-order valence-electron chi connectivity index (χ3n) is 6.40. The molecule has 2 aliphatic rings. The van der Waals surface area contributed by atoms with Crippen LogP contribution in [0.2, 0.25) is 0 Å². The Morgan fingerprint density at radius 3 is 2.49 bits per heavy atom. The second kappa shape index (κ2) is 11.9. The molecule has 4 amide bonds. The number of methoxy groups -OCH3 is 1. The van der Waals surface area contributed by atoms with Gasteiger partial charge in [-0.15, -0.1) is 0 Å². The highest BCUT2D eigenvalue weighted by Crippen LogP contribution is 2.31. The van der Waals surface area contributed by atoms with Crippen molar-refractivity contribution >= 4 is 35.4 Å². The first kappa shape index (κ1) is 27.5. The number of halogens is 2. The number of piperazine rings is 1. The average molecular weight is 547 g/mol. The van der Waals surface area contributed by atoms with E-state index in [1.54, 1.807) is 19.1 Å². The molecular formula is C25H28F2N6O6. The van der Waals surface area contributed by atoms with E-state index < -0.39 is 41.9 Å². The van der Waals surface area contributed by atoms with E-state index in [4.69, 9.17) is 4.74 Å². The molecule has 0 radical (unpaired) electrons. The minimum atomic E-state index is -0.870. The van der Waals surface area contributed by atoms with E-state index in [0.717, 1.165) is 17.0 Å². The van der Waals surface area contributed by atoms with E-state index in [-0.39, 0.29) is 56.6 Å². The van der Waals surface area contributed by atoms with Crippen LogP contribution in [0.1, 0.15) is 17.3 Å².